The second-order valence-electron chi connectivity index (χ2n) is 0.448. The summed E-state index contributed by atoms with van der Waals surface area (Å²) in [5.74, 6) is 0. The van der Waals surface area contributed by atoms with E-state index >= 15 is 0 Å². The van der Waals surface area contributed by atoms with Gasteiger partial charge in [0.05, 0.1) is 0 Å². The number of rotatable bonds is 0. The molecule has 0 bridgehead atoms. The molecule has 0 aromatic rings. The zero-order valence-corrected chi connectivity index (χ0v) is 12.2. The smallest absolute Gasteiger partial charge is 1.00 e. The minimum atomic E-state index is -4.67. The monoisotopic (exact) mass is 314 g/mol. The molecule has 0 saturated heterocycles. The summed E-state index contributed by atoms with van der Waals surface area (Å²) in [6.45, 7) is 0. The average Bonchev–Trinajstić information content (AvgIpc) is 0.722. The Kier molecular flexibility index (Phi) is 408. The summed E-state index contributed by atoms with van der Waals surface area (Å²) in [4.78, 5) is 0. The number of hydrogen-bond acceptors (Lipinski definition) is 2. The van der Waals surface area contributed by atoms with Crippen molar-refractivity contribution in [1.29, 1.82) is 0 Å². The second-order valence-corrected chi connectivity index (χ2v) is 1.34. The van der Waals surface area contributed by atoms with Crippen LogP contribution in [0.3, 0.4) is 0 Å². The molecule has 0 aliphatic heterocycles. The summed E-state index contributed by atoms with van der Waals surface area (Å²) >= 11 is 0. The second kappa shape index (κ2) is 48.3. The van der Waals surface area contributed by atoms with Gasteiger partial charge in [-0.25, -0.2) is 0 Å². The molecule has 0 spiro atoms. The molecule has 0 amide bonds. The molecule has 0 aliphatic carbocycles. The first-order valence-corrected chi connectivity index (χ1v) is 2.10. The van der Waals surface area contributed by atoms with Crippen molar-refractivity contribution in [2.45, 2.75) is 0 Å². The van der Waals surface area contributed by atoms with E-state index in [0.717, 1.165) is 0 Å². The molecule has 0 rings (SSSR count). The topological polar surface area (TPSA) is 295 Å². The van der Waals surface area contributed by atoms with Crippen molar-refractivity contribution in [2.75, 3.05) is 0 Å². The summed E-state index contributed by atoms with van der Waals surface area (Å²) in [6.07, 6.45) is 0. The third-order valence-corrected chi connectivity index (χ3v) is 0. The summed E-state index contributed by atoms with van der Waals surface area (Å²) < 4.78 is 31.6. The van der Waals surface area contributed by atoms with Crippen LogP contribution in [0.5, 0.6) is 0 Å². The molecule has 0 unspecified atom stereocenters. The predicted octanol–water partition coefficient (Wildman–Crippen LogP) is -6.58. The maximum Gasteiger partial charge on any atom is 2.00 e. The Labute approximate surface area is 111 Å². The van der Waals surface area contributed by atoms with Crippen LogP contribution in [0.15, 0.2) is 0 Å². The molecule has 0 saturated carbocycles. The first kappa shape index (κ1) is 118. The van der Waals surface area contributed by atoms with Gasteiger partial charge in [-0.1, -0.05) is 0 Å². The van der Waals surface area contributed by atoms with Crippen LogP contribution in [0.25, 0.3) is 0 Å². The normalized spacial score (nSPS) is 4.14. The largest absolute Gasteiger partial charge is 2.00 e. The average molecular weight is 316 g/mol. The first-order valence-electron chi connectivity index (χ1n) is 0.698. The molecule has 14 heavy (non-hydrogen) atoms. The van der Waals surface area contributed by atoms with Crippen LogP contribution in [0.2, 0.25) is 0 Å². The number of hydrogen-bond donors (Lipinski definition) is 2. The van der Waals surface area contributed by atoms with Gasteiger partial charge in [0.1, 0.15) is 0 Å². The SMILES string of the molecule is O.O.O.O.O.O.O.O=S(=O)(O)O.[H-].[H-].[Mg+2].[Zn]. The molecular formula is H18MgO11SZn. The Morgan fingerprint density at radius 3 is 0.714 bits per heavy atom. The molecular weight excluding hydrogens is 298 g/mol. The maximum absolute atomic E-state index is 8.74. The van der Waals surface area contributed by atoms with Crippen LogP contribution >= 0.6 is 0 Å². The standard InChI is InChI=1S/Mg.H2O4S.7H2O.Zn.2H/c;1-5(2,3)4;;;;;;;;;;/h;(H2,1,2,3,4);7*1H2;;;/q+2;;;;;;;;;;2*-1. The molecule has 0 aliphatic rings. The molecule has 0 aromatic heterocycles. The molecule has 0 aromatic carbocycles. The van der Waals surface area contributed by atoms with E-state index in [1.165, 1.54) is 0 Å². The molecule has 11 nitrogen and oxygen atoms in total. The third-order valence-electron chi connectivity index (χ3n) is 0. The van der Waals surface area contributed by atoms with Crippen molar-refractivity contribution in [2.24, 2.45) is 0 Å². The van der Waals surface area contributed by atoms with Crippen LogP contribution in [0.1, 0.15) is 2.85 Å². The van der Waals surface area contributed by atoms with Gasteiger partial charge in [-0.15, -0.1) is 0 Å². The van der Waals surface area contributed by atoms with Gasteiger partial charge >= 0.3 is 33.5 Å². The van der Waals surface area contributed by atoms with Crippen LogP contribution in [-0.2, 0) is 29.9 Å². The first-order chi connectivity index (χ1) is 2.00. The maximum atomic E-state index is 8.74. The molecule has 0 heterocycles. The summed E-state index contributed by atoms with van der Waals surface area (Å²) in [5.41, 5.74) is 0. The Bertz CT molecular complexity index is 107. The van der Waals surface area contributed by atoms with Crippen LogP contribution in [0, 0.1) is 0 Å². The predicted molar refractivity (Wildman–Crippen MR) is 47.5 cm³/mol. The van der Waals surface area contributed by atoms with Crippen molar-refractivity contribution in [3.05, 3.63) is 0 Å². The fourth-order valence-corrected chi connectivity index (χ4v) is 0. The summed E-state index contributed by atoms with van der Waals surface area (Å²) in [6, 6.07) is 0. The minimum absolute atomic E-state index is 0. The fraction of sp³-hybridized carbons (Fsp3) is 0. The van der Waals surface area contributed by atoms with Crippen molar-refractivity contribution in [3.8, 4) is 0 Å². The van der Waals surface area contributed by atoms with Gasteiger partial charge in [-0.3, -0.25) is 9.11 Å². The van der Waals surface area contributed by atoms with E-state index in [0.29, 0.717) is 0 Å². The van der Waals surface area contributed by atoms with E-state index in [2.05, 4.69) is 0 Å². The fourth-order valence-electron chi connectivity index (χ4n) is 0. The van der Waals surface area contributed by atoms with E-state index in [9.17, 15) is 0 Å². The molecule has 16 N–H and O–H groups in total. The summed E-state index contributed by atoms with van der Waals surface area (Å²) in [7, 11) is -4.67. The van der Waals surface area contributed by atoms with Crippen molar-refractivity contribution >= 4 is 33.5 Å². The van der Waals surface area contributed by atoms with E-state index in [1.807, 2.05) is 0 Å². The molecule has 0 radical (unpaired) electrons. The Hall–Kier alpha value is 0.980. The molecule has 94 valence electrons. The van der Waals surface area contributed by atoms with Crippen molar-refractivity contribution in [3.63, 3.8) is 0 Å². The van der Waals surface area contributed by atoms with E-state index in [-0.39, 0.29) is 83.7 Å². The summed E-state index contributed by atoms with van der Waals surface area (Å²) in [5, 5.41) is 0. The Balaban J connectivity index is -0.00000000145. The third kappa shape index (κ3) is 1940. The molecule has 14 heteroatoms. The Morgan fingerprint density at radius 2 is 0.714 bits per heavy atom. The molecule has 0 atom stereocenters. The minimum Gasteiger partial charge on any atom is -1.00 e. The zero-order valence-electron chi connectivity index (χ0n) is 9.03. The van der Waals surface area contributed by atoms with Crippen molar-refractivity contribution < 1.29 is 78.2 Å². The van der Waals surface area contributed by atoms with Gasteiger partial charge in [0.25, 0.3) is 0 Å². The van der Waals surface area contributed by atoms with Gasteiger partial charge < -0.3 is 41.2 Å². The van der Waals surface area contributed by atoms with Gasteiger partial charge in [-0.2, -0.15) is 8.42 Å². The van der Waals surface area contributed by atoms with Gasteiger partial charge in [0, 0.05) is 19.5 Å². The van der Waals surface area contributed by atoms with Crippen molar-refractivity contribution in [1.82, 2.24) is 0 Å². The van der Waals surface area contributed by atoms with Gasteiger partial charge in [0.15, 0.2) is 0 Å². The van der Waals surface area contributed by atoms with Crippen LogP contribution in [0.4, 0.5) is 0 Å². The molecule has 0 fully saturated rings. The van der Waals surface area contributed by atoms with Crippen LogP contribution in [-0.4, -0.2) is 78.9 Å². The van der Waals surface area contributed by atoms with E-state index < -0.39 is 10.4 Å². The zero-order chi connectivity index (χ0) is 4.50. The van der Waals surface area contributed by atoms with E-state index in [1.54, 1.807) is 0 Å². The van der Waals surface area contributed by atoms with Gasteiger partial charge in [-0.05, 0) is 0 Å². The quantitative estimate of drug-likeness (QED) is 0.325. The van der Waals surface area contributed by atoms with Crippen LogP contribution < -0.4 is 0 Å². The van der Waals surface area contributed by atoms with Gasteiger partial charge in [0.2, 0.25) is 0 Å². The van der Waals surface area contributed by atoms with E-state index in [4.69, 9.17) is 17.5 Å². The Morgan fingerprint density at radius 1 is 0.714 bits per heavy atom.